The molecule has 0 heterocycles. The zero-order valence-electron chi connectivity index (χ0n) is 4.23. The van der Waals surface area contributed by atoms with E-state index in [0.717, 1.165) is 5.56 Å². The van der Waals surface area contributed by atoms with Crippen LogP contribution in [-0.4, -0.2) is 0 Å². The lowest BCUT2D eigenvalue weighted by Gasteiger charge is -2.07. The fourth-order valence-electron chi connectivity index (χ4n) is 0.436. The highest BCUT2D eigenvalue weighted by molar-refractivity contribution is 5.08. The van der Waals surface area contributed by atoms with E-state index in [0.29, 0.717) is 0 Å². The van der Waals surface area contributed by atoms with Crippen LogP contribution in [0.25, 0.3) is 0 Å². The Kier molecular flexibility index (Phi) is 1.12. The lowest BCUT2D eigenvalue weighted by Crippen LogP contribution is -1.65. The van der Waals surface area contributed by atoms with Gasteiger partial charge in [-0.2, -0.15) is 0 Å². The minimum atomic E-state index is 1.07. The van der Waals surface area contributed by atoms with E-state index in [1.807, 2.05) is 25.1 Å². The smallest absolute Gasteiger partial charge is 0.0848 e. The zero-order chi connectivity index (χ0) is 5.11. The summed E-state index contributed by atoms with van der Waals surface area (Å²) in [4.78, 5) is 0. The van der Waals surface area contributed by atoms with Crippen LogP contribution in [0.5, 0.6) is 0 Å². The summed E-state index contributed by atoms with van der Waals surface area (Å²) in [6, 6.07) is 11.6. The van der Waals surface area contributed by atoms with Gasteiger partial charge in [-0.1, -0.05) is 6.92 Å². The largest absolute Gasteiger partial charge is 0.356 e. The van der Waals surface area contributed by atoms with Gasteiger partial charge in [0.1, 0.15) is 0 Å². The molecule has 7 heavy (non-hydrogen) atoms. The second-order valence-corrected chi connectivity index (χ2v) is 1.44. The molecule has 1 rings (SSSR count). The molecule has 0 fully saturated rings. The Morgan fingerprint density at radius 2 is 1.86 bits per heavy atom. The maximum absolute atomic E-state index is 2.98. The molecule has 36 valence electrons. The monoisotopic (exact) mass is 90.0 g/mol. The average molecular weight is 90.1 g/mol. The standard InChI is InChI=1S/C7H6/c1-7-5-3-2-4-6-7/h2-4H,1H3/q-2. The molecule has 0 aliphatic heterocycles. The first-order chi connectivity index (χ1) is 3.39. The summed E-state index contributed by atoms with van der Waals surface area (Å²) >= 11 is 0. The van der Waals surface area contributed by atoms with E-state index in [9.17, 15) is 0 Å². The lowest BCUT2D eigenvalue weighted by atomic mass is 10.2. The number of hydrogen-bond acceptors (Lipinski definition) is 0. The highest BCUT2D eigenvalue weighted by Crippen LogP contribution is 1.89. The summed E-state index contributed by atoms with van der Waals surface area (Å²) in [5, 5.41) is 0. The molecule has 0 saturated carbocycles. The predicted molar refractivity (Wildman–Crippen MR) is 28.9 cm³/mol. The molecule has 0 spiro atoms. The Morgan fingerprint density at radius 1 is 1.29 bits per heavy atom. The third kappa shape index (κ3) is 1.04. The van der Waals surface area contributed by atoms with E-state index in [4.69, 9.17) is 0 Å². The molecule has 0 atom stereocenters. The Balaban J connectivity index is 3.02. The summed E-state index contributed by atoms with van der Waals surface area (Å²) in [6.07, 6.45) is 0. The molecule has 0 bridgehead atoms. The fraction of sp³-hybridized carbons (Fsp3) is 0.143. The molecule has 0 aliphatic rings. The summed E-state index contributed by atoms with van der Waals surface area (Å²) in [7, 11) is 0. The highest BCUT2D eigenvalue weighted by Gasteiger charge is 1.48. The van der Waals surface area contributed by atoms with Crippen molar-refractivity contribution in [1.29, 1.82) is 0 Å². The molecule has 0 radical (unpaired) electrons. The highest BCUT2D eigenvalue weighted by atomic mass is 13.8. The Hall–Kier alpha value is -0.780. The maximum Gasteiger partial charge on any atom is -0.0848 e. The molecule has 0 aliphatic carbocycles. The second kappa shape index (κ2) is 1.78. The number of hydrogen-bond donors (Lipinski definition) is 0. The van der Waals surface area contributed by atoms with Crippen LogP contribution < -0.4 is 0 Å². The Bertz CT molecular complexity index is 130. The Morgan fingerprint density at radius 3 is 2.14 bits per heavy atom. The van der Waals surface area contributed by atoms with Gasteiger partial charge in [0.25, 0.3) is 0 Å². The molecular weight excluding hydrogens is 84.1 g/mol. The average Bonchev–Trinajstić information content (AvgIpc) is 1.69. The van der Waals surface area contributed by atoms with E-state index >= 15 is 0 Å². The van der Waals surface area contributed by atoms with E-state index in [2.05, 4.69) is 12.1 Å². The summed E-state index contributed by atoms with van der Waals surface area (Å²) in [5.74, 6) is 0. The first kappa shape index (κ1) is 4.38. The van der Waals surface area contributed by atoms with E-state index in [-0.39, 0.29) is 0 Å². The summed E-state index contributed by atoms with van der Waals surface area (Å²) in [6.45, 7) is 1.97. The molecule has 0 saturated heterocycles. The quantitative estimate of drug-likeness (QED) is 0.424. The van der Waals surface area contributed by atoms with Crippen molar-refractivity contribution in [3.8, 4) is 0 Å². The second-order valence-electron chi connectivity index (χ2n) is 1.44. The zero-order valence-corrected chi connectivity index (χ0v) is 4.23. The van der Waals surface area contributed by atoms with Crippen LogP contribution in [0.4, 0.5) is 0 Å². The van der Waals surface area contributed by atoms with Gasteiger partial charge in [-0.15, -0.1) is 0 Å². The predicted octanol–water partition coefficient (Wildman–Crippen LogP) is 1.60. The normalized spacial score (nSPS) is 8.71. The van der Waals surface area contributed by atoms with Crippen LogP contribution in [0.15, 0.2) is 18.2 Å². The molecular formula is C7H6-2. The lowest BCUT2D eigenvalue weighted by molar-refractivity contribution is 1.45. The third-order valence-electron chi connectivity index (χ3n) is 0.792. The van der Waals surface area contributed by atoms with Gasteiger partial charge in [0.15, 0.2) is 0 Å². The van der Waals surface area contributed by atoms with Gasteiger partial charge in [-0.25, -0.2) is 0 Å². The van der Waals surface area contributed by atoms with E-state index in [1.165, 1.54) is 0 Å². The van der Waals surface area contributed by atoms with Gasteiger partial charge in [0, 0.05) is 0 Å². The van der Waals surface area contributed by atoms with Crippen molar-refractivity contribution in [2.45, 2.75) is 6.92 Å². The fourth-order valence-corrected chi connectivity index (χ4v) is 0.436. The summed E-state index contributed by atoms with van der Waals surface area (Å²) < 4.78 is 0. The van der Waals surface area contributed by atoms with Gasteiger partial charge in [-0.05, 0) is 0 Å². The molecule has 0 amide bonds. The molecule has 1 aromatic carbocycles. The van der Waals surface area contributed by atoms with Crippen molar-refractivity contribution in [1.82, 2.24) is 0 Å². The number of aryl methyl sites for hydroxylation is 1. The molecule has 0 heteroatoms. The van der Waals surface area contributed by atoms with Crippen LogP contribution in [0.3, 0.4) is 0 Å². The number of benzene rings is 1. The minimum absolute atomic E-state index is 1.07. The van der Waals surface area contributed by atoms with Gasteiger partial charge in [0.05, 0.1) is 0 Å². The molecule has 1 aromatic rings. The van der Waals surface area contributed by atoms with Crippen LogP contribution in [0.2, 0.25) is 0 Å². The van der Waals surface area contributed by atoms with Gasteiger partial charge in [0.2, 0.25) is 0 Å². The minimum Gasteiger partial charge on any atom is -0.356 e. The van der Waals surface area contributed by atoms with Gasteiger partial charge >= 0.3 is 0 Å². The van der Waals surface area contributed by atoms with Crippen LogP contribution in [0.1, 0.15) is 5.56 Å². The molecule has 0 N–H and O–H groups in total. The number of rotatable bonds is 0. The maximum atomic E-state index is 2.98. The van der Waals surface area contributed by atoms with Gasteiger partial charge in [-0.3, -0.25) is 23.8 Å². The van der Waals surface area contributed by atoms with Crippen LogP contribution in [-0.2, 0) is 0 Å². The molecule has 0 nitrogen and oxygen atoms in total. The van der Waals surface area contributed by atoms with Crippen molar-refractivity contribution in [3.63, 3.8) is 0 Å². The van der Waals surface area contributed by atoms with Crippen molar-refractivity contribution >= 4 is 0 Å². The van der Waals surface area contributed by atoms with Crippen molar-refractivity contribution in [2.75, 3.05) is 0 Å². The molecule has 0 aromatic heterocycles. The van der Waals surface area contributed by atoms with Crippen LogP contribution in [0, 0.1) is 19.1 Å². The first-order valence-corrected chi connectivity index (χ1v) is 2.24. The SMILES string of the molecule is Cc1[c-]ccc[c-]1. The summed E-state index contributed by atoms with van der Waals surface area (Å²) in [5.41, 5.74) is 1.07. The van der Waals surface area contributed by atoms with Crippen molar-refractivity contribution in [2.24, 2.45) is 0 Å². The molecule has 0 unspecified atom stereocenters. The van der Waals surface area contributed by atoms with E-state index < -0.39 is 0 Å². The first-order valence-electron chi connectivity index (χ1n) is 2.24. The van der Waals surface area contributed by atoms with Crippen molar-refractivity contribution < 1.29 is 0 Å². The van der Waals surface area contributed by atoms with Crippen molar-refractivity contribution in [3.05, 3.63) is 35.9 Å². The third-order valence-corrected chi connectivity index (χ3v) is 0.792. The Labute approximate surface area is 43.8 Å². The van der Waals surface area contributed by atoms with Crippen LogP contribution >= 0.6 is 0 Å². The topological polar surface area (TPSA) is 0 Å². The van der Waals surface area contributed by atoms with Gasteiger partial charge < -0.3 is 12.1 Å². The van der Waals surface area contributed by atoms with E-state index in [1.54, 1.807) is 0 Å².